The highest BCUT2D eigenvalue weighted by atomic mass is 32.2. The topological polar surface area (TPSA) is 83.8 Å². The summed E-state index contributed by atoms with van der Waals surface area (Å²) in [6, 6.07) is 22.3. The summed E-state index contributed by atoms with van der Waals surface area (Å²) in [5.41, 5.74) is 11.1. The van der Waals surface area contributed by atoms with Crippen LogP contribution >= 0.6 is 0 Å². The van der Waals surface area contributed by atoms with Crippen molar-refractivity contribution in [2.24, 2.45) is 5.10 Å². The van der Waals surface area contributed by atoms with Crippen LogP contribution < -0.4 is 9.73 Å². The van der Waals surface area contributed by atoms with E-state index in [4.69, 9.17) is 0 Å². The summed E-state index contributed by atoms with van der Waals surface area (Å²) in [7, 11) is -4.01. The highest BCUT2D eigenvalue weighted by Gasteiger charge is 2.28. The first kappa shape index (κ1) is 28.8. The van der Waals surface area contributed by atoms with Gasteiger partial charge in [-0.1, -0.05) is 48.9 Å². The van der Waals surface area contributed by atoms with Crippen LogP contribution in [0.15, 0.2) is 82.8 Å². The van der Waals surface area contributed by atoms with Crippen molar-refractivity contribution in [2.45, 2.75) is 52.9 Å². The number of amides is 1. The number of para-hydroxylation sites is 1. The second-order valence-corrected chi connectivity index (χ2v) is 12.0. The van der Waals surface area contributed by atoms with Crippen molar-refractivity contribution in [3.8, 4) is 5.69 Å². The van der Waals surface area contributed by atoms with Crippen LogP contribution in [0.25, 0.3) is 5.69 Å². The summed E-state index contributed by atoms with van der Waals surface area (Å²) in [5, 5.41) is 4.18. The molecule has 0 unspecified atom stereocenters. The minimum absolute atomic E-state index is 0.124. The molecule has 1 amide bonds. The van der Waals surface area contributed by atoms with Gasteiger partial charge in [0.2, 0.25) is 0 Å². The SMILES string of the molecule is CCc1ccccc1N(CC(=O)N/N=C\c1cc(C)n(-c2cc(C)cc(C)c2)c1C)S(=O)(=O)c1ccc(C)cc1. The van der Waals surface area contributed by atoms with Gasteiger partial charge in [0, 0.05) is 22.6 Å². The Morgan fingerprint density at radius 1 is 0.900 bits per heavy atom. The lowest BCUT2D eigenvalue weighted by molar-refractivity contribution is -0.119. The Bertz CT molecular complexity index is 1650. The molecular formula is C32H36N4O3S. The molecule has 0 saturated carbocycles. The number of rotatable bonds is 9. The van der Waals surface area contributed by atoms with E-state index in [0.717, 1.165) is 38.1 Å². The predicted molar refractivity (Wildman–Crippen MR) is 162 cm³/mol. The van der Waals surface area contributed by atoms with Crippen LogP contribution in [-0.4, -0.2) is 31.7 Å². The van der Waals surface area contributed by atoms with Crippen LogP contribution in [0.5, 0.6) is 0 Å². The van der Waals surface area contributed by atoms with Crippen molar-refractivity contribution in [2.75, 3.05) is 10.8 Å². The molecule has 0 bridgehead atoms. The maximum atomic E-state index is 13.7. The summed E-state index contributed by atoms with van der Waals surface area (Å²) in [4.78, 5) is 13.2. The Balaban J connectivity index is 1.59. The molecule has 1 heterocycles. The van der Waals surface area contributed by atoms with Crippen LogP contribution in [0, 0.1) is 34.6 Å². The van der Waals surface area contributed by atoms with Gasteiger partial charge in [-0.3, -0.25) is 9.10 Å². The molecule has 0 saturated heterocycles. The Kier molecular flexibility index (Phi) is 8.59. The molecular weight excluding hydrogens is 520 g/mol. The number of hydrogen-bond acceptors (Lipinski definition) is 4. The lowest BCUT2D eigenvalue weighted by atomic mass is 10.1. The van der Waals surface area contributed by atoms with Gasteiger partial charge in [-0.25, -0.2) is 13.8 Å². The van der Waals surface area contributed by atoms with Crippen LogP contribution in [-0.2, 0) is 21.2 Å². The van der Waals surface area contributed by atoms with Gasteiger partial charge >= 0.3 is 0 Å². The molecule has 1 aromatic heterocycles. The van der Waals surface area contributed by atoms with E-state index >= 15 is 0 Å². The number of anilines is 1. The molecule has 0 aliphatic rings. The van der Waals surface area contributed by atoms with Crippen molar-refractivity contribution in [3.05, 3.63) is 112 Å². The number of hydrogen-bond donors (Lipinski definition) is 1. The average molecular weight is 557 g/mol. The van der Waals surface area contributed by atoms with E-state index in [2.05, 4.69) is 47.1 Å². The number of carbonyl (C=O) groups is 1. The van der Waals surface area contributed by atoms with Crippen LogP contribution in [0.3, 0.4) is 0 Å². The first-order valence-corrected chi connectivity index (χ1v) is 14.7. The molecule has 4 rings (SSSR count). The Hall–Kier alpha value is -4.17. The second kappa shape index (κ2) is 11.9. The third-order valence-corrected chi connectivity index (χ3v) is 8.64. The zero-order chi connectivity index (χ0) is 29.0. The standard InChI is InChI=1S/C32H36N4O3S/c1-7-27-10-8-9-11-31(27)35(40(38,39)30-14-12-22(2)13-15-30)21-32(37)34-33-20-28-19-25(5)36(26(28)6)29-17-23(3)16-24(4)18-29/h8-20H,7,21H2,1-6H3,(H,34,37)/b33-20-. The summed E-state index contributed by atoms with van der Waals surface area (Å²) in [6.07, 6.45) is 2.21. The smallest absolute Gasteiger partial charge is 0.264 e. The normalized spacial score (nSPS) is 11.7. The summed E-state index contributed by atoms with van der Waals surface area (Å²) < 4.78 is 30.7. The van der Waals surface area contributed by atoms with Crippen molar-refractivity contribution in [1.82, 2.24) is 9.99 Å². The highest BCUT2D eigenvalue weighted by molar-refractivity contribution is 7.92. The Morgan fingerprint density at radius 2 is 1.55 bits per heavy atom. The molecule has 0 fully saturated rings. The fourth-order valence-corrected chi connectivity index (χ4v) is 6.38. The summed E-state index contributed by atoms with van der Waals surface area (Å²) in [5.74, 6) is -0.541. The fourth-order valence-electron chi connectivity index (χ4n) is 4.93. The molecule has 8 heteroatoms. The quantitative estimate of drug-likeness (QED) is 0.205. The second-order valence-electron chi connectivity index (χ2n) is 10.1. The lowest BCUT2D eigenvalue weighted by Crippen LogP contribution is -2.40. The predicted octanol–water partition coefficient (Wildman–Crippen LogP) is 5.93. The molecule has 0 radical (unpaired) electrons. The molecule has 40 heavy (non-hydrogen) atoms. The van der Waals surface area contributed by atoms with Gasteiger partial charge in [0.1, 0.15) is 6.54 Å². The number of carbonyl (C=O) groups excluding carboxylic acids is 1. The van der Waals surface area contributed by atoms with Crippen LogP contribution in [0.1, 0.15) is 46.1 Å². The van der Waals surface area contributed by atoms with Crippen molar-refractivity contribution >= 4 is 27.8 Å². The first-order chi connectivity index (χ1) is 19.0. The van der Waals surface area contributed by atoms with Gasteiger partial charge in [0.25, 0.3) is 15.9 Å². The zero-order valence-electron chi connectivity index (χ0n) is 23.9. The van der Waals surface area contributed by atoms with Gasteiger partial charge < -0.3 is 4.57 Å². The molecule has 4 aromatic rings. The number of benzene rings is 3. The van der Waals surface area contributed by atoms with E-state index < -0.39 is 22.5 Å². The third kappa shape index (κ3) is 6.18. The zero-order valence-corrected chi connectivity index (χ0v) is 24.7. The fraction of sp³-hybridized carbons (Fsp3) is 0.250. The molecule has 0 spiro atoms. The van der Waals surface area contributed by atoms with Gasteiger partial charge in [-0.05, 0) is 94.1 Å². The van der Waals surface area contributed by atoms with Gasteiger partial charge in [0.15, 0.2) is 0 Å². The molecule has 3 aromatic carbocycles. The average Bonchev–Trinajstić information content (AvgIpc) is 3.19. The van der Waals surface area contributed by atoms with Crippen molar-refractivity contribution in [3.63, 3.8) is 0 Å². The molecule has 0 aliphatic heterocycles. The number of aromatic nitrogens is 1. The van der Waals surface area contributed by atoms with E-state index in [1.54, 1.807) is 42.6 Å². The summed E-state index contributed by atoms with van der Waals surface area (Å²) >= 11 is 0. The largest absolute Gasteiger partial charge is 0.318 e. The molecule has 208 valence electrons. The lowest BCUT2D eigenvalue weighted by Gasteiger charge is -2.25. The van der Waals surface area contributed by atoms with E-state index in [-0.39, 0.29) is 4.90 Å². The number of nitrogens with zero attached hydrogens (tertiary/aromatic N) is 3. The van der Waals surface area contributed by atoms with Crippen molar-refractivity contribution in [1.29, 1.82) is 0 Å². The minimum Gasteiger partial charge on any atom is -0.318 e. The Labute approximate surface area is 237 Å². The summed E-state index contributed by atoms with van der Waals surface area (Å²) in [6.45, 7) is 11.6. The number of hydrazone groups is 1. The maximum absolute atomic E-state index is 13.7. The minimum atomic E-state index is -4.01. The van der Waals surface area contributed by atoms with E-state index in [1.807, 2.05) is 45.9 Å². The van der Waals surface area contributed by atoms with Crippen LogP contribution in [0.4, 0.5) is 5.69 Å². The molecule has 0 atom stereocenters. The van der Waals surface area contributed by atoms with Crippen LogP contribution in [0.2, 0.25) is 0 Å². The van der Waals surface area contributed by atoms with Crippen molar-refractivity contribution < 1.29 is 13.2 Å². The first-order valence-electron chi connectivity index (χ1n) is 13.3. The van der Waals surface area contributed by atoms with Gasteiger partial charge in [0.05, 0.1) is 16.8 Å². The molecule has 1 N–H and O–H groups in total. The Morgan fingerprint density at radius 3 is 2.20 bits per heavy atom. The molecule has 7 nitrogen and oxygen atoms in total. The molecule has 0 aliphatic carbocycles. The monoisotopic (exact) mass is 556 g/mol. The number of sulfonamides is 1. The van der Waals surface area contributed by atoms with E-state index in [9.17, 15) is 13.2 Å². The van der Waals surface area contributed by atoms with E-state index in [1.165, 1.54) is 11.1 Å². The third-order valence-electron chi connectivity index (χ3n) is 6.87. The van der Waals surface area contributed by atoms with E-state index in [0.29, 0.717) is 12.1 Å². The number of nitrogens with one attached hydrogen (secondary N) is 1. The highest BCUT2D eigenvalue weighted by Crippen LogP contribution is 2.28. The van der Waals surface area contributed by atoms with Gasteiger partial charge in [-0.2, -0.15) is 5.10 Å². The number of aryl methyl sites for hydroxylation is 5. The van der Waals surface area contributed by atoms with Gasteiger partial charge in [-0.15, -0.1) is 0 Å². The maximum Gasteiger partial charge on any atom is 0.264 e.